The zero-order chi connectivity index (χ0) is 45.0. The Morgan fingerprint density at radius 3 is 2.45 bits per heavy atom. The fourth-order valence-electron chi connectivity index (χ4n) is 11.0. The van der Waals surface area contributed by atoms with E-state index in [1.54, 1.807) is 28.6 Å². The highest BCUT2D eigenvalue weighted by atomic mass is 19.3. The Bertz CT molecular complexity index is 2750. The van der Waals surface area contributed by atoms with Crippen LogP contribution in [-0.2, 0) is 16.6 Å². The third kappa shape index (κ3) is 8.43. The van der Waals surface area contributed by atoms with Gasteiger partial charge in [-0.2, -0.15) is 10.2 Å². The van der Waals surface area contributed by atoms with Gasteiger partial charge in [-0.15, -0.1) is 0 Å². The highest BCUT2D eigenvalue weighted by molar-refractivity contribution is 6.08. The molecule has 8 heterocycles. The SMILES string of the molecule is CN1CC2(CCN(c3ccn4ncc(C(=O)Nc5cn([C@H]6CC[C@H](CN7CCN(CC#Cc8cccc9c8n(C)c(=O)n9C8CCC(=O)NC8=O)CC7)CC6)nc5C(F)F)c4n3)CC2)C1. The van der Waals surface area contributed by atoms with Crippen molar-refractivity contribution in [3.63, 3.8) is 0 Å². The quantitative estimate of drug-likeness (QED) is 0.164. The third-order valence-corrected chi connectivity index (χ3v) is 14.5. The molecule has 4 aliphatic heterocycles. The van der Waals surface area contributed by atoms with Gasteiger partial charge in [0.05, 0.1) is 41.1 Å². The number of rotatable bonds is 9. The number of nitrogens with zero attached hydrogens (tertiary/aromatic N) is 11. The average Bonchev–Trinajstić information content (AvgIpc) is 3.99. The molecule has 1 aliphatic carbocycles. The molecule has 4 saturated heterocycles. The number of imidazole rings is 1. The first-order valence-corrected chi connectivity index (χ1v) is 22.9. The number of aromatic nitrogens is 7. The summed E-state index contributed by atoms with van der Waals surface area (Å²) in [6.07, 6.45) is 8.08. The molecule has 1 saturated carbocycles. The molecular weight excluding hydrogens is 837 g/mol. The summed E-state index contributed by atoms with van der Waals surface area (Å²) < 4.78 is 34.9. The summed E-state index contributed by atoms with van der Waals surface area (Å²) >= 11 is 0. The molecule has 0 radical (unpaired) electrons. The van der Waals surface area contributed by atoms with Crippen molar-refractivity contribution in [1.29, 1.82) is 0 Å². The number of aryl methyl sites for hydroxylation is 1. The highest BCUT2D eigenvalue weighted by Gasteiger charge is 2.43. The van der Waals surface area contributed by atoms with Gasteiger partial charge in [0.15, 0.2) is 11.3 Å². The van der Waals surface area contributed by atoms with Crippen LogP contribution in [-0.4, -0.2) is 138 Å². The maximum Gasteiger partial charge on any atom is 0.329 e. The van der Waals surface area contributed by atoms with E-state index in [0.717, 1.165) is 103 Å². The largest absolute Gasteiger partial charge is 0.356 e. The normalized spacial score (nSPS) is 23.2. The van der Waals surface area contributed by atoms with Gasteiger partial charge in [-0.25, -0.2) is 23.1 Å². The molecule has 1 atom stereocenters. The van der Waals surface area contributed by atoms with Gasteiger partial charge in [-0.3, -0.25) is 38.4 Å². The number of likely N-dealkylation sites (tertiary alicyclic amines) is 1. The summed E-state index contributed by atoms with van der Waals surface area (Å²) in [4.78, 5) is 65.5. The van der Waals surface area contributed by atoms with Crippen molar-refractivity contribution in [2.45, 2.75) is 69.9 Å². The van der Waals surface area contributed by atoms with Crippen LogP contribution < -0.4 is 21.2 Å². The van der Waals surface area contributed by atoms with E-state index in [1.165, 1.54) is 15.3 Å². The maximum absolute atomic E-state index is 14.4. The minimum atomic E-state index is -2.86. The minimum absolute atomic E-state index is 0.00326. The lowest BCUT2D eigenvalue weighted by molar-refractivity contribution is -0.135. The Morgan fingerprint density at radius 1 is 0.969 bits per heavy atom. The minimum Gasteiger partial charge on any atom is -0.356 e. The number of imide groups is 1. The Kier molecular flexibility index (Phi) is 11.5. The van der Waals surface area contributed by atoms with Crippen LogP contribution >= 0.6 is 0 Å². The number of amides is 3. The van der Waals surface area contributed by atoms with Crippen LogP contribution in [0, 0.1) is 23.2 Å². The van der Waals surface area contributed by atoms with Crippen LogP contribution in [0.4, 0.5) is 20.3 Å². The maximum atomic E-state index is 14.4. The second-order valence-corrected chi connectivity index (χ2v) is 18.8. The van der Waals surface area contributed by atoms with Crippen molar-refractivity contribution in [3.05, 3.63) is 70.2 Å². The molecular formula is C46H55F2N13O4. The Labute approximate surface area is 374 Å². The van der Waals surface area contributed by atoms with Crippen LogP contribution in [0.1, 0.15) is 91.5 Å². The monoisotopic (exact) mass is 891 g/mol. The molecule has 342 valence electrons. The topological polar surface area (TPSA) is 163 Å². The van der Waals surface area contributed by atoms with E-state index in [1.807, 2.05) is 24.3 Å². The zero-order valence-corrected chi connectivity index (χ0v) is 36.9. The first-order chi connectivity index (χ1) is 31.4. The number of para-hydroxylation sites is 1. The fraction of sp³-hybridized carbons (Fsp3) is 0.543. The van der Waals surface area contributed by atoms with Crippen molar-refractivity contribution < 1.29 is 23.2 Å². The number of halogens is 2. The molecule has 0 bridgehead atoms. The summed E-state index contributed by atoms with van der Waals surface area (Å²) in [6.45, 7) is 9.17. The summed E-state index contributed by atoms with van der Waals surface area (Å²) in [5.74, 6) is 6.50. The molecule has 1 unspecified atom stereocenters. The number of piperidine rings is 2. The van der Waals surface area contributed by atoms with Crippen molar-refractivity contribution >= 4 is 45.9 Å². The molecule has 5 fully saturated rings. The van der Waals surface area contributed by atoms with Crippen LogP contribution in [0.25, 0.3) is 16.7 Å². The zero-order valence-electron chi connectivity index (χ0n) is 36.9. The average molecular weight is 892 g/mol. The number of fused-ring (bicyclic) bond motifs is 2. The van der Waals surface area contributed by atoms with Crippen molar-refractivity contribution in [2.24, 2.45) is 18.4 Å². The van der Waals surface area contributed by atoms with Gasteiger partial charge < -0.3 is 20.0 Å². The number of hydrogen-bond donors (Lipinski definition) is 2. The van der Waals surface area contributed by atoms with Crippen LogP contribution in [0.15, 0.2) is 47.7 Å². The molecule has 3 amide bonds. The molecule has 19 heteroatoms. The summed E-state index contributed by atoms with van der Waals surface area (Å²) in [7, 11) is 3.83. The molecule has 5 aromatic rings. The highest BCUT2D eigenvalue weighted by Crippen LogP contribution is 2.40. The van der Waals surface area contributed by atoms with E-state index < -0.39 is 30.0 Å². The number of benzene rings is 1. The van der Waals surface area contributed by atoms with Gasteiger partial charge >= 0.3 is 5.69 Å². The third-order valence-electron chi connectivity index (χ3n) is 14.5. The number of carbonyl (C=O) groups excluding carboxylic acids is 3. The van der Waals surface area contributed by atoms with Gasteiger partial charge in [-0.05, 0) is 81.5 Å². The molecule has 1 aromatic carbocycles. The second-order valence-electron chi connectivity index (χ2n) is 18.8. The Morgan fingerprint density at radius 2 is 1.72 bits per heavy atom. The Balaban J connectivity index is 0.711. The molecule has 2 N–H and O–H groups in total. The lowest BCUT2D eigenvalue weighted by atomic mass is 9.72. The number of carbonyl (C=O) groups is 3. The van der Waals surface area contributed by atoms with Crippen molar-refractivity contribution in [1.82, 2.24) is 53.5 Å². The number of hydrogen-bond acceptors (Lipinski definition) is 11. The van der Waals surface area contributed by atoms with E-state index in [0.29, 0.717) is 40.1 Å². The number of piperazine rings is 1. The molecule has 65 heavy (non-hydrogen) atoms. The summed E-state index contributed by atoms with van der Waals surface area (Å²) in [5, 5.41) is 13.7. The van der Waals surface area contributed by atoms with E-state index in [9.17, 15) is 28.0 Å². The second kappa shape index (κ2) is 17.4. The van der Waals surface area contributed by atoms with E-state index in [2.05, 4.69) is 59.3 Å². The fourth-order valence-corrected chi connectivity index (χ4v) is 11.0. The summed E-state index contributed by atoms with van der Waals surface area (Å²) in [6, 6.07) is 6.64. The number of anilines is 2. The smallest absolute Gasteiger partial charge is 0.329 e. The molecule has 10 rings (SSSR count). The van der Waals surface area contributed by atoms with Gasteiger partial charge in [0.2, 0.25) is 11.8 Å². The van der Waals surface area contributed by atoms with Crippen molar-refractivity contribution in [3.8, 4) is 11.8 Å². The van der Waals surface area contributed by atoms with Crippen LogP contribution in [0.3, 0.4) is 0 Å². The van der Waals surface area contributed by atoms with Gasteiger partial charge in [0, 0.05) is 84.8 Å². The van der Waals surface area contributed by atoms with Crippen LogP contribution in [0.5, 0.6) is 0 Å². The van der Waals surface area contributed by atoms with E-state index in [-0.39, 0.29) is 41.7 Å². The van der Waals surface area contributed by atoms with Crippen LogP contribution in [0.2, 0.25) is 0 Å². The molecule has 17 nitrogen and oxygen atoms in total. The number of alkyl halides is 2. The van der Waals surface area contributed by atoms with E-state index in [4.69, 9.17) is 4.98 Å². The van der Waals surface area contributed by atoms with E-state index >= 15 is 0 Å². The lowest BCUT2D eigenvalue weighted by Gasteiger charge is -2.53. The summed E-state index contributed by atoms with van der Waals surface area (Å²) in [5.41, 5.74) is 2.22. The first-order valence-electron chi connectivity index (χ1n) is 22.9. The molecule has 1 spiro atoms. The predicted molar refractivity (Wildman–Crippen MR) is 239 cm³/mol. The number of nitrogens with one attached hydrogen (secondary N) is 2. The predicted octanol–water partition coefficient (Wildman–Crippen LogP) is 3.68. The standard InChI is InChI=1S/C46H55F2N13O4/c1-54-28-46(29-54)15-19-58(20-16-46)37-14-18-59-42(51-37)33(25-49-59)43(63)50-34-27-60(53-39(34)41(47)48)32-10-8-30(9-11-32)26-57-23-21-56(22-24-57)17-4-6-31-5-3-7-35-40(31)55(2)45(65)61(35)36-12-13-38(62)52-44(36)64/h3,5,7,14,18,25,27,30,32,36,41H,8-13,15-17,19-24,26,28-29H2,1-2H3,(H,50,63)(H,52,62,64)/t30-,32-,36?. The molecule has 4 aromatic heterocycles. The lowest BCUT2D eigenvalue weighted by Crippen LogP contribution is -2.58. The van der Waals surface area contributed by atoms with Gasteiger partial charge in [-0.1, -0.05) is 17.9 Å². The molecule has 5 aliphatic rings. The van der Waals surface area contributed by atoms with Crippen molar-refractivity contribution in [2.75, 3.05) is 82.7 Å². The van der Waals surface area contributed by atoms with Gasteiger partial charge in [0.25, 0.3) is 12.3 Å². The Hall–Kier alpha value is -5.97. The first kappa shape index (κ1) is 43.0. The van der Waals surface area contributed by atoms with Gasteiger partial charge in [0.1, 0.15) is 17.4 Å².